The summed E-state index contributed by atoms with van der Waals surface area (Å²) >= 11 is 0. The van der Waals surface area contributed by atoms with Gasteiger partial charge in [-0.15, -0.1) is 0 Å². The van der Waals surface area contributed by atoms with Gasteiger partial charge < -0.3 is 19.8 Å². The Morgan fingerprint density at radius 2 is 1.05 bits per heavy atom. The van der Waals surface area contributed by atoms with E-state index in [9.17, 15) is 19.8 Å². The molecule has 0 saturated carbocycles. The van der Waals surface area contributed by atoms with Crippen molar-refractivity contribution < 1.29 is 68.2 Å². The molecule has 0 radical (unpaired) electrons. The fraction of sp³-hybridized carbons (Fsp3) is 0.875. The van der Waals surface area contributed by atoms with E-state index in [-0.39, 0.29) is 60.3 Å². The molecular weight excluding hydrogens is 286 g/mol. The average Bonchev–Trinajstić information content (AvgIpc) is 2.40. The molecule has 120 valence electrons. The maximum Gasteiger partial charge on any atom is 1.00 e. The first-order valence-electron chi connectivity index (χ1n) is 7.86. The van der Waals surface area contributed by atoms with Gasteiger partial charge in [0.15, 0.2) is 0 Å². The van der Waals surface area contributed by atoms with Crippen LogP contribution in [-0.4, -0.2) is 11.9 Å². The Bertz CT molecular complexity index is 237. The Labute approximate surface area is 170 Å². The van der Waals surface area contributed by atoms with Crippen LogP contribution in [0.2, 0.25) is 0 Å². The van der Waals surface area contributed by atoms with Gasteiger partial charge in [-0.3, -0.25) is 0 Å². The molecule has 0 rings (SSSR count). The molecule has 0 spiro atoms. The predicted octanol–water partition coefficient (Wildman–Crippen LogP) is -4.09. The van der Waals surface area contributed by atoms with Crippen molar-refractivity contribution in [1.82, 2.24) is 0 Å². The first-order valence-corrected chi connectivity index (χ1v) is 7.86. The third-order valence-corrected chi connectivity index (χ3v) is 3.46. The summed E-state index contributed by atoms with van der Waals surface area (Å²) in [7, 11) is 0. The third-order valence-electron chi connectivity index (χ3n) is 3.46. The number of carbonyl (C=O) groups is 2. The third kappa shape index (κ3) is 18.6. The average molecular weight is 316 g/mol. The van der Waals surface area contributed by atoms with Crippen LogP contribution in [0.15, 0.2) is 0 Å². The standard InChI is InChI=1S/2C8H16O2.Li.Na/c2*1-3-5-6-7(4-2)8(9)10;;/h2*7H,3-6H2,1-2H3,(H,9,10);;/q;;2*+1/p-2. The molecular formula is C16H30LiNaO4. The van der Waals surface area contributed by atoms with Gasteiger partial charge in [0.25, 0.3) is 0 Å². The van der Waals surface area contributed by atoms with E-state index >= 15 is 0 Å². The van der Waals surface area contributed by atoms with Gasteiger partial charge in [-0.2, -0.15) is 0 Å². The summed E-state index contributed by atoms with van der Waals surface area (Å²) in [5, 5.41) is 20.7. The van der Waals surface area contributed by atoms with Crippen molar-refractivity contribution >= 4 is 11.9 Å². The van der Waals surface area contributed by atoms with Crippen LogP contribution in [0.1, 0.15) is 79.1 Å². The van der Waals surface area contributed by atoms with Crippen LogP contribution >= 0.6 is 0 Å². The van der Waals surface area contributed by atoms with Gasteiger partial charge in [-0.05, 0) is 37.5 Å². The minimum absolute atomic E-state index is 0. The minimum Gasteiger partial charge on any atom is -0.550 e. The number of hydrogen-bond donors (Lipinski definition) is 0. The number of hydrogen-bond acceptors (Lipinski definition) is 4. The van der Waals surface area contributed by atoms with Crippen LogP contribution in [0.25, 0.3) is 0 Å². The molecule has 2 unspecified atom stereocenters. The molecule has 0 saturated heterocycles. The molecule has 0 aliphatic carbocycles. The van der Waals surface area contributed by atoms with Crippen molar-refractivity contribution in [2.75, 3.05) is 0 Å². The second kappa shape index (κ2) is 21.5. The van der Waals surface area contributed by atoms with Crippen molar-refractivity contribution in [3.63, 3.8) is 0 Å². The van der Waals surface area contributed by atoms with E-state index in [0.717, 1.165) is 38.5 Å². The molecule has 22 heavy (non-hydrogen) atoms. The monoisotopic (exact) mass is 316 g/mol. The van der Waals surface area contributed by atoms with E-state index in [1.54, 1.807) is 0 Å². The molecule has 0 heterocycles. The summed E-state index contributed by atoms with van der Waals surface area (Å²) < 4.78 is 0. The molecule has 0 aromatic heterocycles. The van der Waals surface area contributed by atoms with Crippen molar-refractivity contribution in [3.05, 3.63) is 0 Å². The Kier molecular flexibility index (Phi) is 29.8. The number of carboxylic acid groups (broad SMARTS) is 2. The topological polar surface area (TPSA) is 80.3 Å². The van der Waals surface area contributed by atoms with Gasteiger partial charge in [-0.25, -0.2) is 0 Å². The van der Waals surface area contributed by atoms with Gasteiger partial charge in [0.1, 0.15) is 0 Å². The Morgan fingerprint density at radius 3 is 1.18 bits per heavy atom. The fourth-order valence-corrected chi connectivity index (χ4v) is 1.88. The molecule has 0 aromatic carbocycles. The van der Waals surface area contributed by atoms with Crippen molar-refractivity contribution in [1.29, 1.82) is 0 Å². The summed E-state index contributed by atoms with van der Waals surface area (Å²) in [6.45, 7) is 7.89. The van der Waals surface area contributed by atoms with Crippen LogP contribution in [0.4, 0.5) is 0 Å². The number of aliphatic carboxylic acids is 2. The first kappa shape index (κ1) is 30.4. The van der Waals surface area contributed by atoms with Crippen LogP contribution in [0, 0.1) is 11.8 Å². The van der Waals surface area contributed by atoms with Gasteiger partial charge in [-0.1, -0.05) is 53.4 Å². The zero-order valence-electron chi connectivity index (χ0n) is 15.4. The minimum atomic E-state index is -0.893. The quantitative estimate of drug-likeness (QED) is 0.384. The van der Waals surface area contributed by atoms with Crippen LogP contribution < -0.4 is 58.6 Å². The van der Waals surface area contributed by atoms with Crippen molar-refractivity contribution in [2.45, 2.75) is 79.1 Å². The zero-order chi connectivity index (χ0) is 16.0. The van der Waals surface area contributed by atoms with Crippen molar-refractivity contribution in [2.24, 2.45) is 11.8 Å². The van der Waals surface area contributed by atoms with E-state index in [0.29, 0.717) is 12.8 Å². The molecule has 4 nitrogen and oxygen atoms in total. The molecule has 6 heteroatoms. The second-order valence-electron chi connectivity index (χ2n) is 5.13. The second-order valence-corrected chi connectivity index (χ2v) is 5.13. The Hall–Kier alpha value is 0.537. The van der Waals surface area contributed by atoms with Gasteiger partial charge in [0, 0.05) is 11.9 Å². The van der Waals surface area contributed by atoms with Gasteiger partial charge >= 0.3 is 48.4 Å². The molecule has 0 aliphatic heterocycles. The summed E-state index contributed by atoms with van der Waals surface area (Å²) in [5.74, 6) is -2.23. The summed E-state index contributed by atoms with van der Waals surface area (Å²) in [6.07, 6.45) is 7.04. The molecule has 2 atom stereocenters. The van der Waals surface area contributed by atoms with E-state index in [1.165, 1.54) is 0 Å². The van der Waals surface area contributed by atoms with E-state index in [4.69, 9.17) is 0 Å². The van der Waals surface area contributed by atoms with E-state index in [1.807, 2.05) is 13.8 Å². The summed E-state index contributed by atoms with van der Waals surface area (Å²) in [5.41, 5.74) is 0. The number of rotatable bonds is 10. The number of carboxylic acids is 2. The van der Waals surface area contributed by atoms with E-state index < -0.39 is 11.9 Å². The van der Waals surface area contributed by atoms with Gasteiger partial charge in [0.2, 0.25) is 0 Å². The predicted molar refractivity (Wildman–Crippen MR) is 76.6 cm³/mol. The maximum atomic E-state index is 10.3. The van der Waals surface area contributed by atoms with Crippen LogP contribution in [-0.2, 0) is 9.59 Å². The molecule has 0 fully saturated rings. The smallest absolute Gasteiger partial charge is 0.550 e. The molecule has 0 aromatic rings. The fourth-order valence-electron chi connectivity index (χ4n) is 1.88. The normalized spacial score (nSPS) is 11.8. The largest absolute Gasteiger partial charge is 1.00 e. The molecule has 0 aliphatic rings. The zero-order valence-corrected chi connectivity index (χ0v) is 17.4. The van der Waals surface area contributed by atoms with Crippen LogP contribution in [0.5, 0.6) is 0 Å². The Balaban J connectivity index is -0.000000135. The number of unbranched alkanes of at least 4 members (excludes halogenated alkanes) is 2. The van der Waals surface area contributed by atoms with Crippen molar-refractivity contribution in [3.8, 4) is 0 Å². The SMILES string of the molecule is CCCCC(CC)C(=O)[O-].CCCCC(CC)C(=O)[O-].[Li+].[Na+]. The first-order chi connectivity index (χ1) is 9.44. The van der Waals surface area contributed by atoms with Gasteiger partial charge in [0.05, 0.1) is 0 Å². The van der Waals surface area contributed by atoms with Crippen LogP contribution in [0.3, 0.4) is 0 Å². The summed E-state index contributed by atoms with van der Waals surface area (Å²) in [4.78, 5) is 20.7. The maximum absolute atomic E-state index is 10.3. The number of carbonyl (C=O) groups excluding carboxylic acids is 2. The molecule has 0 amide bonds. The summed E-state index contributed by atoms with van der Waals surface area (Å²) in [6, 6.07) is 0. The Morgan fingerprint density at radius 1 is 0.773 bits per heavy atom. The molecule has 0 bridgehead atoms. The molecule has 0 N–H and O–H groups in total. The van der Waals surface area contributed by atoms with E-state index in [2.05, 4.69) is 13.8 Å².